The molecule has 0 aromatic heterocycles. The Kier molecular flexibility index (Phi) is 5.79. The van der Waals surface area contributed by atoms with Crippen LogP contribution in [-0.4, -0.2) is 11.4 Å². The number of hydrogen-bond donors (Lipinski definition) is 2. The van der Waals surface area contributed by atoms with Gasteiger partial charge in [-0.2, -0.15) is 0 Å². The summed E-state index contributed by atoms with van der Waals surface area (Å²) >= 11 is 0. The third-order valence-corrected chi connectivity index (χ3v) is 7.68. The molecule has 1 aliphatic rings. The van der Waals surface area contributed by atoms with Crippen molar-refractivity contribution in [3.63, 3.8) is 0 Å². The van der Waals surface area contributed by atoms with Crippen LogP contribution in [0.2, 0.25) is 0 Å². The fourth-order valence-corrected chi connectivity index (χ4v) is 5.50. The summed E-state index contributed by atoms with van der Waals surface area (Å²) in [6, 6.07) is 46.6. The Morgan fingerprint density at radius 1 is 0.350 bits per heavy atom. The second kappa shape index (κ2) is 9.76. The average molecular weight is 511 g/mol. The molecule has 1 aliphatic carbocycles. The maximum absolute atomic E-state index is 8.70. The van der Waals surface area contributed by atoms with E-state index >= 15 is 0 Å². The summed E-state index contributed by atoms with van der Waals surface area (Å²) in [6.07, 6.45) is 3.86. The fraction of sp³-hybridized carbons (Fsp3) is 0. The van der Waals surface area contributed by atoms with Gasteiger partial charge in [-0.15, -0.1) is 0 Å². The van der Waals surface area contributed by atoms with Crippen molar-refractivity contribution in [2.45, 2.75) is 0 Å². The third kappa shape index (κ3) is 4.36. The molecule has 0 saturated heterocycles. The molecule has 0 atom stereocenters. The highest BCUT2D eigenvalue weighted by Crippen LogP contribution is 2.33. The van der Waals surface area contributed by atoms with Crippen LogP contribution in [0.4, 0.5) is 0 Å². The molecule has 0 aliphatic heterocycles. The van der Waals surface area contributed by atoms with Gasteiger partial charge in [-0.3, -0.25) is 10.8 Å². The molecule has 0 bridgehead atoms. The number of rotatable bonds is 4. The SMILES string of the molecule is N=C1C=C(c2ccc3cc(-c4ccccc4)ccc3c2)C=C(c2ccc3cc(-c4ccccc4)ccc3c2)C1=N. The maximum atomic E-state index is 8.70. The minimum absolute atomic E-state index is 0.228. The Morgan fingerprint density at radius 2 is 0.775 bits per heavy atom. The summed E-state index contributed by atoms with van der Waals surface area (Å²) in [4.78, 5) is 0. The largest absolute Gasteiger partial charge is 0.299 e. The molecule has 0 heterocycles. The summed E-state index contributed by atoms with van der Waals surface area (Å²) in [5.74, 6) is 0. The van der Waals surface area contributed by atoms with Crippen LogP contribution in [0, 0.1) is 10.8 Å². The van der Waals surface area contributed by atoms with Gasteiger partial charge in [-0.05, 0) is 96.9 Å². The second-order valence-electron chi connectivity index (χ2n) is 10.2. The molecular weight excluding hydrogens is 484 g/mol. The highest BCUT2D eigenvalue weighted by molar-refractivity contribution is 6.61. The van der Waals surface area contributed by atoms with Crippen molar-refractivity contribution in [2.24, 2.45) is 0 Å². The molecule has 2 heteroatoms. The van der Waals surface area contributed by atoms with Gasteiger partial charge in [0.1, 0.15) is 0 Å². The first kappa shape index (κ1) is 23.8. The van der Waals surface area contributed by atoms with Gasteiger partial charge >= 0.3 is 0 Å². The molecule has 0 unspecified atom stereocenters. The Labute approximate surface area is 233 Å². The fourth-order valence-electron chi connectivity index (χ4n) is 5.50. The summed E-state index contributed by atoms with van der Waals surface area (Å²) in [6.45, 7) is 0. The quantitative estimate of drug-likeness (QED) is 0.222. The Bertz CT molecular complexity index is 2010. The highest BCUT2D eigenvalue weighted by atomic mass is 14.5. The van der Waals surface area contributed by atoms with E-state index < -0.39 is 0 Å². The third-order valence-electron chi connectivity index (χ3n) is 7.68. The first-order valence-electron chi connectivity index (χ1n) is 13.4. The van der Waals surface area contributed by atoms with Crippen LogP contribution in [0.25, 0.3) is 54.9 Å². The van der Waals surface area contributed by atoms with Crippen LogP contribution < -0.4 is 0 Å². The van der Waals surface area contributed by atoms with E-state index in [1.807, 2.05) is 12.1 Å². The first-order valence-corrected chi connectivity index (χ1v) is 13.4. The van der Waals surface area contributed by atoms with Crippen molar-refractivity contribution >= 4 is 44.1 Å². The van der Waals surface area contributed by atoms with E-state index in [0.29, 0.717) is 0 Å². The zero-order valence-electron chi connectivity index (χ0n) is 21.9. The van der Waals surface area contributed by atoms with Crippen molar-refractivity contribution in [3.8, 4) is 22.3 Å². The number of hydrogen-bond acceptors (Lipinski definition) is 2. The van der Waals surface area contributed by atoms with Crippen molar-refractivity contribution in [1.82, 2.24) is 0 Å². The Hall–Kier alpha value is -5.34. The molecule has 0 fully saturated rings. The number of nitrogens with one attached hydrogen (secondary N) is 2. The molecule has 0 spiro atoms. The minimum atomic E-state index is 0.228. The van der Waals surface area contributed by atoms with Gasteiger partial charge in [-0.25, -0.2) is 0 Å². The Balaban J connectivity index is 1.24. The van der Waals surface area contributed by atoms with Gasteiger partial charge in [0.2, 0.25) is 0 Å². The average Bonchev–Trinajstić information content (AvgIpc) is 3.02. The summed E-state index contributed by atoms with van der Waals surface area (Å²) in [5, 5.41) is 21.9. The first-order chi connectivity index (χ1) is 19.6. The van der Waals surface area contributed by atoms with Crippen molar-refractivity contribution in [2.75, 3.05) is 0 Å². The number of allylic oxidation sites excluding steroid dienone is 4. The van der Waals surface area contributed by atoms with Crippen molar-refractivity contribution in [3.05, 3.63) is 157 Å². The molecule has 0 saturated carbocycles. The number of benzene rings is 6. The monoisotopic (exact) mass is 510 g/mol. The molecule has 2 nitrogen and oxygen atoms in total. The predicted molar refractivity (Wildman–Crippen MR) is 170 cm³/mol. The predicted octanol–water partition coefficient (Wildman–Crippen LogP) is 9.85. The molecule has 7 rings (SSSR count). The van der Waals surface area contributed by atoms with Crippen LogP contribution in [0.1, 0.15) is 11.1 Å². The molecule has 2 N–H and O–H groups in total. The zero-order valence-corrected chi connectivity index (χ0v) is 21.9. The van der Waals surface area contributed by atoms with Crippen LogP contribution in [-0.2, 0) is 0 Å². The van der Waals surface area contributed by atoms with Gasteiger partial charge in [0.15, 0.2) is 0 Å². The normalized spacial score (nSPS) is 13.4. The van der Waals surface area contributed by atoms with Gasteiger partial charge in [0.05, 0.1) is 11.4 Å². The summed E-state index contributed by atoms with van der Waals surface area (Å²) in [7, 11) is 0. The van der Waals surface area contributed by atoms with Crippen molar-refractivity contribution < 1.29 is 0 Å². The molecule has 0 radical (unpaired) electrons. The lowest BCUT2D eigenvalue weighted by molar-refractivity contribution is 1.48. The summed E-state index contributed by atoms with van der Waals surface area (Å²) < 4.78 is 0. The Morgan fingerprint density at radius 3 is 1.30 bits per heavy atom. The highest BCUT2D eigenvalue weighted by Gasteiger charge is 2.19. The van der Waals surface area contributed by atoms with E-state index in [1.54, 1.807) is 6.08 Å². The second-order valence-corrected chi connectivity index (χ2v) is 10.2. The van der Waals surface area contributed by atoms with E-state index in [0.717, 1.165) is 38.4 Å². The maximum Gasteiger partial charge on any atom is 0.0867 e. The minimum Gasteiger partial charge on any atom is -0.299 e. The number of fused-ring (bicyclic) bond motifs is 2. The van der Waals surface area contributed by atoms with Crippen LogP contribution in [0.3, 0.4) is 0 Å². The lowest BCUT2D eigenvalue weighted by Crippen LogP contribution is -2.15. The molecule has 6 aromatic rings. The molecule has 40 heavy (non-hydrogen) atoms. The van der Waals surface area contributed by atoms with Crippen LogP contribution in [0.15, 0.2) is 146 Å². The van der Waals surface area contributed by atoms with Crippen molar-refractivity contribution in [1.29, 1.82) is 10.8 Å². The molecule has 6 aromatic carbocycles. The van der Waals surface area contributed by atoms with Gasteiger partial charge in [0, 0.05) is 5.57 Å². The van der Waals surface area contributed by atoms with E-state index in [-0.39, 0.29) is 11.4 Å². The molecule has 0 amide bonds. The standard InChI is InChI=1S/C38H26N2/c39-37-24-35(33-16-15-29-19-27(11-13-30(29)21-33)25-7-3-1-4-8-25)23-36(38(37)40)34-18-17-31-20-28(12-14-32(31)22-34)26-9-5-2-6-10-26/h1-24,39-40H. The lowest BCUT2D eigenvalue weighted by atomic mass is 9.87. The van der Waals surface area contributed by atoms with E-state index in [1.165, 1.54) is 27.6 Å². The molecule has 188 valence electrons. The van der Waals surface area contributed by atoms with Gasteiger partial charge < -0.3 is 0 Å². The van der Waals surface area contributed by atoms with E-state index in [2.05, 4.69) is 127 Å². The van der Waals surface area contributed by atoms with Gasteiger partial charge in [0.25, 0.3) is 0 Å². The topological polar surface area (TPSA) is 47.7 Å². The van der Waals surface area contributed by atoms with E-state index in [4.69, 9.17) is 10.8 Å². The smallest absolute Gasteiger partial charge is 0.0867 e. The summed E-state index contributed by atoms with van der Waals surface area (Å²) in [5.41, 5.74) is 8.97. The lowest BCUT2D eigenvalue weighted by Gasteiger charge is -2.18. The van der Waals surface area contributed by atoms with E-state index in [9.17, 15) is 0 Å². The zero-order chi connectivity index (χ0) is 27.1. The van der Waals surface area contributed by atoms with Gasteiger partial charge in [-0.1, -0.05) is 109 Å². The van der Waals surface area contributed by atoms with Crippen LogP contribution >= 0.6 is 0 Å². The van der Waals surface area contributed by atoms with Crippen LogP contribution in [0.5, 0.6) is 0 Å². The molecular formula is C38H26N2.